The molecule has 2 aromatic heterocycles. The third kappa shape index (κ3) is 12.5. The van der Waals surface area contributed by atoms with Gasteiger partial charge in [0.25, 0.3) is 11.1 Å². The number of hydrogen-bond donors (Lipinski definition) is 3. The number of para-hydroxylation sites is 1. The molecule has 1 amide bonds. The van der Waals surface area contributed by atoms with Crippen molar-refractivity contribution in [2.45, 2.75) is 68.6 Å². The second kappa shape index (κ2) is 20.1. The third-order valence-electron chi connectivity index (χ3n) is 7.65. The molecule has 0 fully saturated rings. The van der Waals surface area contributed by atoms with Crippen LogP contribution in [0.25, 0.3) is 33.3 Å². The van der Waals surface area contributed by atoms with E-state index in [9.17, 15) is 19.2 Å². The Kier molecular flexibility index (Phi) is 15.3. The highest BCUT2D eigenvalue weighted by Crippen LogP contribution is 2.24. The molecule has 49 heavy (non-hydrogen) atoms. The maximum Gasteiger partial charge on any atom is 0.259 e. The van der Waals surface area contributed by atoms with E-state index in [-0.39, 0.29) is 17.0 Å². The number of ketones is 1. The molecule has 0 aliphatic rings. The maximum atomic E-state index is 12.0. The van der Waals surface area contributed by atoms with Crippen LogP contribution in [0.15, 0.2) is 105 Å². The molecule has 5 rings (SSSR count). The number of nitrogens with one attached hydrogen (secondary N) is 3. The minimum atomic E-state index is -0.162. The Balaban J connectivity index is 0.000000230. The number of carbonyl (C=O) groups is 2. The number of amides is 1. The molecule has 3 aromatic carbocycles. The number of nitrogens with zero attached hydrogens (tertiary/aromatic N) is 2. The van der Waals surface area contributed by atoms with E-state index in [1.165, 1.54) is 17.8 Å². The van der Waals surface area contributed by atoms with E-state index in [0.717, 1.165) is 65.8 Å². The molecular formula is C38H43N5O4S2. The molecule has 5 aromatic rings. The molecule has 0 spiro atoms. The van der Waals surface area contributed by atoms with Crippen molar-refractivity contribution in [2.75, 3.05) is 18.6 Å². The Morgan fingerprint density at radius 2 is 1.31 bits per heavy atom. The number of Topliss-reactive ketones (excluding diaryl/α,β-unsaturated/α-hetero) is 1. The highest BCUT2D eigenvalue weighted by atomic mass is 32.2. The van der Waals surface area contributed by atoms with Gasteiger partial charge < -0.3 is 15.3 Å². The van der Waals surface area contributed by atoms with Crippen molar-refractivity contribution in [3.63, 3.8) is 0 Å². The number of hydrogen-bond acceptors (Lipinski definition) is 8. The summed E-state index contributed by atoms with van der Waals surface area (Å²) >= 11 is 3.07. The smallest absolute Gasteiger partial charge is 0.259 e. The van der Waals surface area contributed by atoms with Crippen LogP contribution in [-0.4, -0.2) is 50.2 Å². The maximum absolute atomic E-state index is 12.0. The lowest BCUT2D eigenvalue weighted by atomic mass is 10.0. The summed E-state index contributed by atoms with van der Waals surface area (Å²) in [4.78, 5) is 61.0. The van der Waals surface area contributed by atoms with Crippen LogP contribution < -0.4 is 16.4 Å². The molecule has 0 bridgehead atoms. The molecule has 0 aliphatic heterocycles. The molecule has 0 saturated heterocycles. The van der Waals surface area contributed by atoms with E-state index < -0.39 is 0 Å². The van der Waals surface area contributed by atoms with Crippen LogP contribution >= 0.6 is 23.5 Å². The number of fused-ring (bicyclic) bond motifs is 1. The summed E-state index contributed by atoms with van der Waals surface area (Å²) in [5.74, 6) is 2.10. The molecule has 3 N–H and O–H groups in total. The molecule has 11 heteroatoms. The zero-order chi connectivity index (χ0) is 34.8. The second-order valence-electron chi connectivity index (χ2n) is 11.3. The van der Waals surface area contributed by atoms with Gasteiger partial charge in [-0.3, -0.25) is 19.2 Å². The van der Waals surface area contributed by atoms with Crippen molar-refractivity contribution in [3.8, 4) is 22.4 Å². The van der Waals surface area contributed by atoms with E-state index >= 15 is 0 Å². The first kappa shape index (κ1) is 37.3. The van der Waals surface area contributed by atoms with Crippen LogP contribution in [0.3, 0.4) is 0 Å². The van der Waals surface area contributed by atoms with E-state index in [0.29, 0.717) is 46.4 Å². The molecule has 0 unspecified atom stereocenters. The van der Waals surface area contributed by atoms with Crippen molar-refractivity contribution in [1.82, 2.24) is 25.3 Å². The minimum absolute atomic E-state index is 0.0532. The molecule has 0 atom stereocenters. The molecule has 2 heterocycles. The highest BCUT2D eigenvalue weighted by Gasteiger charge is 2.07. The Hall–Kier alpha value is -4.48. The predicted octanol–water partition coefficient (Wildman–Crippen LogP) is 7.67. The average molecular weight is 698 g/mol. The highest BCUT2D eigenvalue weighted by molar-refractivity contribution is 7.99. The molecular weight excluding hydrogens is 655 g/mol. The fourth-order valence-corrected chi connectivity index (χ4v) is 6.62. The minimum Gasteiger partial charge on any atom is -0.359 e. The van der Waals surface area contributed by atoms with Gasteiger partial charge in [-0.25, -0.2) is 9.97 Å². The van der Waals surface area contributed by atoms with Crippen molar-refractivity contribution < 1.29 is 9.59 Å². The lowest BCUT2D eigenvalue weighted by Crippen LogP contribution is -2.16. The van der Waals surface area contributed by atoms with E-state index in [1.807, 2.05) is 67.6 Å². The molecule has 0 radical (unpaired) electrons. The van der Waals surface area contributed by atoms with Gasteiger partial charge in [0, 0.05) is 49.4 Å². The predicted molar refractivity (Wildman–Crippen MR) is 201 cm³/mol. The number of H-pyrrole nitrogens is 2. The molecule has 0 saturated carbocycles. The quantitative estimate of drug-likeness (QED) is 0.0543. The molecule has 9 nitrogen and oxygen atoms in total. The topological polar surface area (TPSA) is 138 Å². The number of rotatable bonds is 16. The van der Waals surface area contributed by atoms with Gasteiger partial charge >= 0.3 is 0 Å². The largest absolute Gasteiger partial charge is 0.359 e. The first-order chi connectivity index (χ1) is 23.9. The van der Waals surface area contributed by atoms with Gasteiger partial charge in [0.1, 0.15) is 5.78 Å². The first-order valence-electron chi connectivity index (χ1n) is 16.6. The van der Waals surface area contributed by atoms with Crippen LogP contribution in [0.1, 0.15) is 58.3 Å². The summed E-state index contributed by atoms with van der Waals surface area (Å²) in [5, 5.41) is 4.52. The number of benzene rings is 3. The van der Waals surface area contributed by atoms with E-state index in [1.54, 1.807) is 24.9 Å². The van der Waals surface area contributed by atoms with Gasteiger partial charge in [-0.15, -0.1) is 0 Å². The van der Waals surface area contributed by atoms with Crippen LogP contribution in [0.5, 0.6) is 0 Å². The Morgan fingerprint density at radius 3 is 2.02 bits per heavy atom. The lowest BCUT2D eigenvalue weighted by molar-refractivity contribution is -0.121. The fourth-order valence-electron chi connectivity index (χ4n) is 4.88. The Labute approximate surface area is 295 Å². The standard InChI is InChI=1S/C22H23N3O2S.C16H20N2O2S/c1-23-20(26)9-5-6-14-28-22-24-19(15-21(27)25-22)18-12-10-17(11-13-18)16-7-3-2-4-8-16;1-2-12(19)8-4-3-7-11-21-16-17-14-10-6-5-9-13(14)15(20)18-16/h2-4,7-8,10-13,15H,5-6,9,14H2,1H3,(H,23,26)(H,24,25,27);5-6,9-10H,2-4,7-8,11H2,1H3,(H,17,18,20). The van der Waals surface area contributed by atoms with Crippen molar-refractivity contribution in [2.24, 2.45) is 0 Å². The number of carbonyl (C=O) groups excluding carboxylic acids is 2. The second-order valence-corrected chi connectivity index (χ2v) is 13.5. The van der Waals surface area contributed by atoms with E-state index in [2.05, 4.69) is 37.4 Å². The Bertz CT molecular complexity index is 1910. The number of unbranched alkanes of at least 4 members (excludes halogenated alkanes) is 3. The van der Waals surface area contributed by atoms with Gasteiger partial charge in [0.05, 0.1) is 16.6 Å². The normalized spacial score (nSPS) is 10.7. The van der Waals surface area contributed by atoms with Crippen LogP contribution in [0.4, 0.5) is 0 Å². The van der Waals surface area contributed by atoms with Crippen molar-refractivity contribution in [1.29, 1.82) is 0 Å². The average Bonchev–Trinajstić information content (AvgIpc) is 3.13. The summed E-state index contributed by atoms with van der Waals surface area (Å²) in [6.45, 7) is 1.90. The van der Waals surface area contributed by atoms with Gasteiger partial charge in [0.15, 0.2) is 10.3 Å². The lowest BCUT2D eigenvalue weighted by Gasteiger charge is -2.06. The summed E-state index contributed by atoms with van der Waals surface area (Å²) in [7, 11) is 1.64. The van der Waals surface area contributed by atoms with Gasteiger partial charge in [-0.05, 0) is 48.9 Å². The summed E-state index contributed by atoms with van der Waals surface area (Å²) in [6, 6.07) is 27.1. The zero-order valence-electron chi connectivity index (χ0n) is 28.0. The number of aromatic nitrogens is 4. The number of aromatic amines is 2. The van der Waals surface area contributed by atoms with E-state index in [4.69, 9.17) is 0 Å². The third-order valence-corrected chi connectivity index (χ3v) is 9.57. The zero-order valence-corrected chi connectivity index (χ0v) is 29.6. The summed E-state index contributed by atoms with van der Waals surface area (Å²) in [6.07, 6.45) is 6.57. The molecule has 0 aliphatic carbocycles. The number of thioether (sulfide) groups is 2. The Morgan fingerprint density at radius 1 is 0.694 bits per heavy atom. The van der Waals surface area contributed by atoms with Crippen molar-refractivity contribution >= 4 is 46.1 Å². The van der Waals surface area contributed by atoms with Crippen molar-refractivity contribution in [3.05, 3.63) is 106 Å². The summed E-state index contributed by atoms with van der Waals surface area (Å²) in [5.41, 5.74) is 4.34. The fraction of sp³-hybridized carbons (Fsp3) is 0.316. The van der Waals surface area contributed by atoms with Crippen LogP contribution in [0, 0.1) is 0 Å². The SMILES string of the molecule is CCC(=O)CCCCCSc1nc2ccccc2c(=O)[nH]1.CNC(=O)CCCCSc1nc(-c2ccc(-c3ccccc3)cc2)cc(=O)[nH]1. The van der Waals surface area contributed by atoms with Gasteiger partial charge in [-0.1, -0.05) is 104 Å². The molecule has 256 valence electrons. The van der Waals surface area contributed by atoms with Crippen LogP contribution in [0.2, 0.25) is 0 Å². The van der Waals surface area contributed by atoms with Crippen LogP contribution in [-0.2, 0) is 9.59 Å². The monoisotopic (exact) mass is 697 g/mol. The van der Waals surface area contributed by atoms with Gasteiger partial charge in [-0.2, -0.15) is 0 Å². The first-order valence-corrected chi connectivity index (χ1v) is 18.6. The van der Waals surface area contributed by atoms with Gasteiger partial charge in [0.2, 0.25) is 5.91 Å². The summed E-state index contributed by atoms with van der Waals surface area (Å²) < 4.78 is 0.